The van der Waals surface area contributed by atoms with Gasteiger partial charge in [0.2, 0.25) is 0 Å². The summed E-state index contributed by atoms with van der Waals surface area (Å²) in [5.41, 5.74) is 6.25. The van der Waals surface area contributed by atoms with E-state index in [0.29, 0.717) is 18.2 Å². The molecule has 0 aliphatic heterocycles. The lowest BCUT2D eigenvalue weighted by Crippen LogP contribution is -2.37. The Morgan fingerprint density at radius 1 is 1.50 bits per heavy atom. The minimum Gasteiger partial charge on any atom is -0.395 e. The molecule has 0 saturated heterocycles. The highest BCUT2D eigenvalue weighted by Crippen LogP contribution is 2.28. The van der Waals surface area contributed by atoms with E-state index >= 15 is 0 Å². The van der Waals surface area contributed by atoms with Gasteiger partial charge in [-0.25, -0.2) is 4.98 Å². The second-order valence-corrected chi connectivity index (χ2v) is 4.64. The number of aliphatic hydroxyl groups excluding tert-OH is 1. The average molecular weight is 248 g/mol. The summed E-state index contributed by atoms with van der Waals surface area (Å²) in [7, 11) is 0. The first kappa shape index (κ1) is 12.8. The van der Waals surface area contributed by atoms with E-state index < -0.39 is 0 Å². The van der Waals surface area contributed by atoms with Crippen molar-refractivity contribution in [3.8, 4) is 0 Å². The van der Waals surface area contributed by atoms with Crippen LogP contribution in [0.1, 0.15) is 31.2 Å². The van der Waals surface area contributed by atoms with Crippen LogP contribution in [0.25, 0.3) is 0 Å². The molecule has 1 fully saturated rings. The summed E-state index contributed by atoms with van der Waals surface area (Å²) in [5, 5.41) is 16.9. The number of nitrogens with two attached hydrogens (primary N) is 1. The minimum atomic E-state index is 0.0269. The van der Waals surface area contributed by atoms with Crippen molar-refractivity contribution in [1.82, 2.24) is 4.98 Å². The van der Waals surface area contributed by atoms with Gasteiger partial charge in [0.05, 0.1) is 12.2 Å². The number of nitrogens with one attached hydrogen (secondary N) is 1. The minimum absolute atomic E-state index is 0.0269. The van der Waals surface area contributed by atoms with Gasteiger partial charge >= 0.3 is 0 Å². The zero-order valence-electron chi connectivity index (χ0n) is 10.5. The smallest absolute Gasteiger partial charge is 0.139 e. The lowest BCUT2D eigenvalue weighted by molar-refractivity contribution is 0.297. The van der Waals surface area contributed by atoms with Gasteiger partial charge in [-0.15, -0.1) is 0 Å². The van der Waals surface area contributed by atoms with E-state index in [2.05, 4.69) is 9.88 Å². The normalized spacial score (nSPS) is 15.8. The Kier molecular flexibility index (Phi) is 4.15. The van der Waals surface area contributed by atoms with Crippen LogP contribution in [0.5, 0.6) is 0 Å². The zero-order valence-corrected chi connectivity index (χ0v) is 10.5. The lowest BCUT2D eigenvalue weighted by atomic mass is 10.1. The van der Waals surface area contributed by atoms with Crippen LogP contribution in [0.4, 0.5) is 5.82 Å². The zero-order chi connectivity index (χ0) is 13.0. The van der Waals surface area contributed by atoms with Crippen molar-refractivity contribution in [2.24, 2.45) is 5.73 Å². The number of rotatable bonds is 5. The van der Waals surface area contributed by atoms with Crippen molar-refractivity contribution in [3.63, 3.8) is 0 Å². The quantitative estimate of drug-likeness (QED) is 0.538. The van der Waals surface area contributed by atoms with Crippen molar-refractivity contribution in [2.75, 3.05) is 18.1 Å². The van der Waals surface area contributed by atoms with Gasteiger partial charge in [-0.3, -0.25) is 5.41 Å². The highest BCUT2D eigenvalue weighted by molar-refractivity contribution is 5.99. The monoisotopic (exact) mass is 248 g/mol. The maximum absolute atomic E-state index is 9.23. The van der Waals surface area contributed by atoms with Gasteiger partial charge in [0.15, 0.2) is 0 Å². The Hall–Kier alpha value is -1.62. The van der Waals surface area contributed by atoms with Crippen molar-refractivity contribution in [3.05, 3.63) is 23.9 Å². The number of amidine groups is 1. The van der Waals surface area contributed by atoms with E-state index in [9.17, 15) is 5.11 Å². The first-order valence-electron chi connectivity index (χ1n) is 6.41. The highest BCUT2D eigenvalue weighted by Gasteiger charge is 2.25. The number of pyridine rings is 1. The molecular formula is C13H20N4O. The molecule has 1 aliphatic carbocycles. The third-order valence-corrected chi connectivity index (χ3v) is 3.46. The summed E-state index contributed by atoms with van der Waals surface area (Å²) in [4.78, 5) is 6.46. The molecular weight excluding hydrogens is 228 g/mol. The second kappa shape index (κ2) is 5.82. The maximum Gasteiger partial charge on any atom is 0.139 e. The van der Waals surface area contributed by atoms with E-state index in [1.165, 1.54) is 12.8 Å². The summed E-state index contributed by atoms with van der Waals surface area (Å²) in [6.07, 6.45) is 6.38. The largest absolute Gasteiger partial charge is 0.395 e. The van der Waals surface area contributed by atoms with Crippen LogP contribution in [0.3, 0.4) is 0 Å². The fraction of sp³-hybridized carbons (Fsp3) is 0.538. The number of aromatic nitrogens is 1. The molecule has 0 radical (unpaired) electrons. The molecule has 18 heavy (non-hydrogen) atoms. The summed E-state index contributed by atoms with van der Waals surface area (Å²) >= 11 is 0. The van der Waals surface area contributed by atoms with E-state index in [1.807, 2.05) is 6.07 Å². The number of hydrogen-bond acceptors (Lipinski definition) is 4. The molecule has 1 aromatic heterocycles. The van der Waals surface area contributed by atoms with Gasteiger partial charge in [-0.1, -0.05) is 12.8 Å². The molecule has 1 saturated carbocycles. The first-order valence-corrected chi connectivity index (χ1v) is 6.41. The van der Waals surface area contributed by atoms with Crippen LogP contribution in [-0.4, -0.2) is 35.1 Å². The molecule has 0 unspecified atom stereocenters. The van der Waals surface area contributed by atoms with E-state index in [1.54, 1.807) is 12.3 Å². The van der Waals surface area contributed by atoms with Crippen molar-refractivity contribution in [2.45, 2.75) is 31.7 Å². The molecule has 1 heterocycles. The standard InChI is InChI=1S/C13H20N4O/c14-12(15)11-6-3-7-16-13(11)17(8-9-18)10-4-1-2-5-10/h3,6-7,10,18H,1-2,4-5,8-9H2,(H3,14,15). The Morgan fingerprint density at radius 2 is 2.22 bits per heavy atom. The van der Waals surface area contributed by atoms with Crippen molar-refractivity contribution < 1.29 is 5.11 Å². The average Bonchev–Trinajstić information content (AvgIpc) is 2.89. The number of nitrogen functional groups attached to an aromatic ring is 1. The van der Waals surface area contributed by atoms with Gasteiger partial charge in [-0.05, 0) is 25.0 Å². The van der Waals surface area contributed by atoms with Gasteiger partial charge in [0.1, 0.15) is 11.7 Å². The van der Waals surface area contributed by atoms with E-state index in [4.69, 9.17) is 11.1 Å². The topological polar surface area (TPSA) is 86.2 Å². The fourth-order valence-electron chi connectivity index (χ4n) is 2.62. The molecule has 1 aliphatic rings. The van der Waals surface area contributed by atoms with Gasteiger partial charge < -0.3 is 15.7 Å². The third kappa shape index (κ3) is 2.61. The van der Waals surface area contributed by atoms with Crippen molar-refractivity contribution in [1.29, 1.82) is 5.41 Å². The molecule has 0 spiro atoms. The molecule has 0 amide bonds. The Balaban J connectivity index is 2.32. The molecule has 5 nitrogen and oxygen atoms in total. The highest BCUT2D eigenvalue weighted by atomic mass is 16.3. The molecule has 0 bridgehead atoms. The van der Waals surface area contributed by atoms with Crippen LogP contribution in [0, 0.1) is 5.41 Å². The van der Waals surface area contributed by atoms with E-state index in [0.717, 1.165) is 18.7 Å². The summed E-state index contributed by atoms with van der Waals surface area (Å²) < 4.78 is 0. The summed E-state index contributed by atoms with van der Waals surface area (Å²) in [6, 6.07) is 4.00. The number of nitrogens with zero attached hydrogens (tertiary/aromatic N) is 2. The van der Waals surface area contributed by atoms with Gasteiger partial charge in [0.25, 0.3) is 0 Å². The molecule has 2 rings (SSSR count). The first-order chi connectivity index (χ1) is 8.74. The van der Waals surface area contributed by atoms with Crippen LogP contribution in [0.15, 0.2) is 18.3 Å². The molecule has 0 atom stereocenters. The van der Waals surface area contributed by atoms with Gasteiger partial charge in [0, 0.05) is 18.8 Å². The number of aliphatic hydroxyl groups is 1. The second-order valence-electron chi connectivity index (χ2n) is 4.64. The Morgan fingerprint density at radius 3 is 2.83 bits per heavy atom. The maximum atomic E-state index is 9.23. The molecule has 98 valence electrons. The molecule has 5 heteroatoms. The molecule has 0 aromatic carbocycles. The lowest BCUT2D eigenvalue weighted by Gasteiger charge is -2.30. The van der Waals surface area contributed by atoms with Crippen LogP contribution < -0.4 is 10.6 Å². The molecule has 4 N–H and O–H groups in total. The predicted molar refractivity (Wildman–Crippen MR) is 71.9 cm³/mol. The molecule has 1 aromatic rings. The van der Waals surface area contributed by atoms with Crippen molar-refractivity contribution >= 4 is 11.7 Å². The van der Waals surface area contributed by atoms with Gasteiger partial charge in [-0.2, -0.15) is 0 Å². The van der Waals surface area contributed by atoms with Crippen LogP contribution >= 0.6 is 0 Å². The fourth-order valence-corrected chi connectivity index (χ4v) is 2.62. The predicted octanol–water partition coefficient (Wildman–Crippen LogP) is 1.11. The third-order valence-electron chi connectivity index (χ3n) is 3.46. The van der Waals surface area contributed by atoms with Crippen LogP contribution in [-0.2, 0) is 0 Å². The number of hydrogen-bond donors (Lipinski definition) is 3. The van der Waals surface area contributed by atoms with E-state index in [-0.39, 0.29) is 12.4 Å². The number of anilines is 1. The summed E-state index contributed by atoms with van der Waals surface area (Å²) in [5.74, 6) is 0.755. The van der Waals surface area contributed by atoms with Crippen LogP contribution in [0.2, 0.25) is 0 Å². The summed E-state index contributed by atoms with van der Waals surface area (Å²) in [6.45, 7) is 0.631. The Bertz CT molecular complexity index is 415. The SMILES string of the molecule is N=C(N)c1cccnc1N(CCO)C1CCCC1. The Labute approximate surface area is 107 Å².